The van der Waals surface area contributed by atoms with Crippen molar-refractivity contribution in [2.45, 2.75) is 70.6 Å². The molecule has 2 amide bonds. The third-order valence-corrected chi connectivity index (χ3v) is 7.41. The lowest BCUT2D eigenvalue weighted by Crippen LogP contribution is -2.67. The number of rotatable bonds is 7. The van der Waals surface area contributed by atoms with E-state index in [4.69, 9.17) is 10.5 Å². The van der Waals surface area contributed by atoms with E-state index in [-0.39, 0.29) is 54.8 Å². The van der Waals surface area contributed by atoms with E-state index in [1.165, 1.54) is 6.92 Å². The summed E-state index contributed by atoms with van der Waals surface area (Å²) >= 11 is 0. The number of ether oxygens (including phenoxy) is 1. The number of halogens is 2. The van der Waals surface area contributed by atoms with Gasteiger partial charge in [0.25, 0.3) is 0 Å². The van der Waals surface area contributed by atoms with Gasteiger partial charge in [-0.1, -0.05) is 0 Å². The normalized spacial score (nSPS) is 25.7. The van der Waals surface area contributed by atoms with Gasteiger partial charge in [-0.2, -0.15) is 0 Å². The Balaban J connectivity index is 1.82. The first-order chi connectivity index (χ1) is 16.5. The Hall–Kier alpha value is -2.30. The first-order valence-corrected chi connectivity index (χ1v) is 12.3. The molecule has 1 aromatic carbocycles. The lowest BCUT2D eigenvalue weighted by molar-refractivity contribution is -0.142. The van der Waals surface area contributed by atoms with Gasteiger partial charge in [-0.25, -0.2) is 13.6 Å². The molecule has 0 bridgehead atoms. The van der Waals surface area contributed by atoms with Crippen LogP contribution in [0.3, 0.4) is 0 Å². The average molecular weight is 497 g/mol. The molecule has 10 heteroatoms. The summed E-state index contributed by atoms with van der Waals surface area (Å²) in [6, 6.07) is 2.08. The van der Waals surface area contributed by atoms with Gasteiger partial charge in [0.15, 0.2) is 11.6 Å². The highest BCUT2D eigenvalue weighted by molar-refractivity contribution is 5.76. The molecular formula is C25H38F2N4O4. The molecule has 1 aliphatic carbocycles. The molecule has 35 heavy (non-hydrogen) atoms. The molecule has 2 aliphatic rings. The number of benzene rings is 1. The van der Waals surface area contributed by atoms with Crippen molar-refractivity contribution < 1.29 is 28.2 Å². The molecule has 1 saturated heterocycles. The number of carbonyl (C=O) groups excluding carboxylic acids is 2. The number of aliphatic hydroxyl groups excluding tert-OH is 1. The largest absolute Gasteiger partial charge is 0.415 e. The van der Waals surface area contributed by atoms with E-state index in [1.807, 2.05) is 25.7 Å². The van der Waals surface area contributed by atoms with Crippen LogP contribution in [0.2, 0.25) is 0 Å². The summed E-state index contributed by atoms with van der Waals surface area (Å²) in [5.74, 6) is -1.80. The van der Waals surface area contributed by atoms with Gasteiger partial charge in [0.1, 0.15) is 5.82 Å². The SMILES string of the molecule is CC(=O)N1C2CCC(C(CN)CNC(C)(C)CO)CC2N(C(=O)Oc2ccc(F)cc2F)C[C@@H]1C. The van der Waals surface area contributed by atoms with Crippen molar-refractivity contribution >= 4 is 12.0 Å². The second-order valence-electron chi connectivity index (χ2n) is 10.5. The highest BCUT2D eigenvalue weighted by atomic mass is 19.1. The lowest BCUT2D eigenvalue weighted by Gasteiger charge is -2.54. The Labute approximate surface area is 205 Å². The minimum absolute atomic E-state index is 0.00925. The number of piperazine rings is 1. The van der Waals surface area contributed by atoms with E-state index in [9.17, 15) is 23.5 Å². The Bertz CT molecular complexity index is 915. The van der Waals surface area contributed by atoms with E-state index in [1.54, 1.807) is 4.90 Å². The lowest BCUT2D eigenvalue weighted by atomic mass is 9.73. The maximum atomic E-state index is 14.2. The third-order valence-electron chi connectivity index (χ3n) is 7.41. The van der Waals surface area contributed by atoms with Crippen LogP contribution >= 0.6 is 0 Å². The van der Waals surface area contributed by atoms with Gasteiger partial charge in [-0.15, -0.1) is 0 Å². The molecule has 2 fully saturated rings. The summed E-state index contributed by atoms with van der Waals surface area (Å²) in [6.45, 7) is 8.53. The van der Waals surface area contributed by atoms with E-state index < -0.39 is 23.3 Å². The molecule has 4 N–H and O–H groups in total. The van der Waals surface area contributed by atoms with Crippen LogP contribution in [0.4, 0.5) is 13.6 Å². The van der Waals surface area contributed by atoms with E-state index in [0.717, 1.165) is 18.6 Å². The summed E-state index contributed by atoms with van der Waals surface area (Å²) < 4.78 is 32.8. The van der Waals surface area contributed by atoms with Gasteiger partial charge in [0.05, 0.1) is 18.7 Å². The van der Waals surface area contributed by atoms with E-state index in [2.05, 4.69) is 5.32 Å². The van der Waals surface area contributed by atoms with Crippen molar-refractivity contribution in [1.82, 2.24) is 15.1 Å². The van der Waals surface area contributed by atoms with Crippen LogP contribution in [0.25, 0.3) is 0 Å². The molecule has 3 rings (SSSR count). The molecule has 1 heterocycles. The van der Waals surface area contributed by atoms with Crippen LogP contribution in [-0.2, 0) is 4.79 Å². The van der Waals surface area contributed by atoms with Crippen molar-refractivity contribution in [1.29, 1.82) is 0 Å². The fourth-order valence-electron chi connectivity index (χ4n) is 5.46. The van der Waals surface area contributed by atoms with Crippen LogP contribution in [-0.4, -0.2) is 76.8 Å². The van der Waals surface area contributed by atoms with Crippen molar-refractivity contribution in [3.8, 4) is 5.75 Å². The number of fused-ring (bicyclic) bond motifs is 1. The number of nitrogens with zero attached hydrogens (tertiary/aromatic N) is 2. The molecular weight excluding hydrogens is 458 g/mol. The van der Waals surface area contributed by atoms with Crippen LogP contribution in [0.15, 0.2) is 18.2 Å². The maximum absolute atomic E-state index is 14.2. The molecule has 1 saturated carbocycles. The number of aliphatic hydroxyl groups is 1. The number of carbonyl (C=O) groups is 2. The molecule has 196 valence electrons. The summed E-state index contributed by atoms with van der Waals surface area (Å²) in [5.41, 5.74) is 5.68. The zero-order chi connectivity index (χ0) is 25.9. The fourth-order valence-corrected chi connectivity index (χ4v) is 5.46. The van der Waals surface area contributed by atoms with Crippen LogP contribution < -0.4 is 15.8 Å². The van der Waals surface area contributed by atoms with Crippen molar-refractivity contribution in [2.75, 3.05) is 26.2 Å². The predicted molar refractivity (Wildman–Crippen MR) is 128 cm³/mol. The molecule has 4 unspecified atom stereocenters. The first-order valence-electron chi connectivity index (χ1n) is 12.3. The molecule has 1 aromatic rings. The van der Waals surface area contributed by atoms with Gasteiger partial charge in [0, 0.05) is 37.7 Å². The van der Waals surface area contributed by atoms with Gasteiger partial charge in [0.2, 0.25) is 5.91 Å². The van der Waals surface area contributed by atoms with E-state index >= 15 is 0 Å². The monoisotopic (exact) mass is 496 g/mol. The van der Waals surface area contributed by atoms with E-state index in [0.29, 0.717) is 32.0 Å². The van der Waals surface area contributed by atoms with Gasteiger partial charge in [-0.3, -0.25) is 4.79 Å². The summed E-state index contributed by atoms with van der Waals surface area (Å²) in [6.07, 6.45) is 1.44. The number of hydrogen-bond acceptors (Lipinski definition) is 6. The molecule has 0 spiro atoms. The topological polar surface area (TPSA) is 108 Å². The summed E-state index contributed by atoms with van der Waals surface area (Å²) in [4.78, 5) is 29.1. The predicted octanol–water partition coefficient (Wildman–Crippen LogP) is 2.49. The molecule has 0 aromatic heterocycles. The molecule has 0 radical (unpaired) electrons. The van der Waals surface area contributed by atoms with Crippen LogP contribution in [0.1, 0.15) is 47.0 Å². The van der Waals surface area contributed by atoms with Crippen molar-refractivity contribution in [3.05, 3.63) is 29.8 Å². The number of nitrogens with one attached hydrogen (secondary N) is 1. The Morgan fingerprint density at radius 3 is 2.60 bits per heavy atom. The number of hydrogen-bond donors (Lipinski definition) is 3. The first kappa shape index (κ1) is 27.3. The summed E-state index contributed by atoms with van der Waals surface area (Å²) in [7, 11) is 0. The second kappa shape index (κ2) is 11.2. The highest BCUT2D eigenvalue weighted by Crippen LogP contribution is 2.39. The second-order valence-corrected chi connectivity index (χ2v) is 10.5. The smallest absolute Gasteiger partial charge is 0.407 e. The quantitative estimate of drug-likeness (QED) is 0.535. The molecule has 8 nitrogen and oxygen atoms in total. The van der Waals surface area contributed by atoms with Crippen LogP contribution in [0, 0.1) is 23.5 Å². The zero-order valence-corrected chi connectivity index (χ0v) is 21.0. The van der Waals surface area contributed by atoms with Gasteiger partial charge >= 0.3 is 6.09 Å². The van der Waals surface area contributed by atoms with Crippen molar-refractivity contribution in [3.63, 3.8) is 0 Å². The standard InChI is InChI=1S/C25H38F2N4O4/c1-15-13-30(24(34)35-23-8-6-19(26)10-20(23)27)22-9-17(5-7-21(22)31(15)16(2)33)18(11-28)12-29-25(3,4)14-32/h6,8,10,15,17-18,21-22,29,32H,5,7,9,11-14,28H2,1-4H3/t15-,17?,18?,21?,22?/m0/s1. The van der Waals surface area contributed by atoms with Crippen LogP contribution in [0.5, 0.6) is 5.75 Å². The average Bonchev–Trinajstić information content (AvgIpc) is 2.80. The Kier molecular flexibility index (Phi) is 8.72. The Morgan fingerprint density at radius 1 is 1.29 bits per heavy atom. The third kappa shape index (κ3) is 6.29. The number of amides is 2. The molecule has 1 aliphatic heterocycles. The maximum Gasteiger partial charge on any atom is 0.415 e. The van der Waals surface area contributed by atoms with Gasteiger partial charge in [-0.05, 0) is 70.5 Å². The van der Waals surface area contributed by atoms with Crippen molar-refractivity contribution in [2.24, 2.45) is 17.6 Å². The summed E-state index contributed by atoms with van der Waals surface area (Å²) in [5, 5.41) is 12.9. The fraction of sp³-hybridized carbons (Fsp3) is 0.680. The zero-order valence-electron chi connectivity index (χ0n) is 21.0. The van der Waals surface area contributed by atoms with Gasteiger partial charge < -0.3 is 30.7 Å². The molecule has 5 atom stereocenters. The Morgan fingerprint density at radius 2 is 2.00 bits per heavy atom. The minimum Gasteiger partial charge on any atom is -0.407 e. The number of nitrogens with two attached hydrogens (primary N) is 1. The highest BCUT2D eigenvalue weighted by Gasteiger charge is 2.48. The minimum atomic E-state index is -0.951.